The van der Waals surface area contributed by atoms with Crippen molar-refractivity contribution in [3.8, 4) is 10.6 Å². The molecule has 2 aliphatic rings. The number of carbonyl (C=O) groups is 1. The summed E-state index contributed by atoms with van der Waals surface area (Å²) >= 11 is 7.47. The van der Waals surface area contributed by atoms with Gasteiger partial charge in [-0.25, -0.2) is 18.4 Å². The van der Waals surface area contributed by atoms with Crippen LogP contribution in [0.25, 0.3) is 16.1 Å². The smallest absolute Gasteiger partial charge is 0.280 e. The van der Waals surface area contributed by atoms with Gasteiger partial charge in [-0.3, -0.25) is 14.5 Å². The van der Waals surface area contributed by atoms with Gasteiger partial charge >= 0.3 is 0 Å². The summed E-state index contributed by atoms with van der Waals surface area (Å²) in [4.78, 5) is 30.2. The number of anilines is 1. The van der Waals surface area contributed by atoms with Crippen LogP contribution >= 0.6 is 22.9 Å². The first-order valence-corrected chi connectivity index (χ1v) is 16.6. The molecule has 216 valence electrons. The Morgan fingerprint density at radius 1 is 1.15 bits per heavy atom. The zero-order chi connectivity index (χ0) is 28.6. The van der Waals surface area contributed by atoms with Crippen molar-refractivity contribution in [3.63, 3.8) is 0 Å². The van der Waals surface area contributed by atoms with Crippen LogP contribution in [0.3, 0.4) is 0 Å². The third-order valence-corrected chi connectivity index (χ3v) is 10.7. The average molecular weight is 614 g/mol. The first kappa shape index (κ1) is 28.1. The van der Waals surface area contributed by atoms with E-state index in [0.29, 0.717) is 39.9 Å². The molecule has 1 aliphatic carbocycles. The van der Waals surface area contributed by atoms with Gasteiger partial charge in [-0.15, -0.1) is 11.3 Å². The number of nitrogens with zero attached hydrogens (tertiary/aromatic N) is 5. The molecule has 41 heavy (non-hydrogen) atoms. The largest absolute Gasteiger partial charge is 0.341 e. The van der Waals surface area contributed by atoms with E-state index in [0.717, 1.165) is 42.9 Å². The molecule has 0 bridgehead atoms. The molecule has 1 amide bonds. The molecular weight excluding hydrogens is 582 g/mol. The van der Waals surface area contributed by atoms with Gasteiger partial charge in [0.05, 0.1) is 39.4 Å². The van der Waals surface area contributed by atoms with Crippen LogP contribution < -0.4 is 10.0 Å². The number of hydrogen-bond donors (Lipinski definition) is 2. The highest BCUT2D eigenvalue weighted by molar-refractivity contribution is 7.93. The van der Waals surface area contributed by atoms with E-state index in [1.807, 2.05) is 16.7 Å². The van der Waals surface area contributed by atoms with Crippen molar-refractivity contribution in [2.75, 3.05) is 24.4 Å². The Balaban J connectivity index is 1.25. The lowest BCUT2D eigenvalue weighted by Gasteiger charge is -2.32. The normalized spacial score (nSPS) is 17.8. The second kappa shape index (κ2) is 11.7. The molecule has 0 radical (unpaired) electrons. The second-order valence-electron chi connectivity index (χ2n) is 10.9. The Morgan fingerprint density at radius 3 is 2.73 bits per heavy atom. The van der Waals surface area contributed by atoms with Crippen molar-refractivity contribution in [1.82, 2.24) is 29.6 Å². The maximum absolute atomic E-state index is 13.6. The third kappa shape index (κ3) is 6.40. The van der Waals surface area contributed by atoms with Gasteiger partial charge in [-0.2, -0.15) is 0 Å². The number of sulfonamides is 1. The predicted molar refractivity (Wildman–Crippen MR) is 161 cm³/mol. The molecule has 13 heteroatoms. The van der Waals surface area contributed by atoms with Crippen LogP contribution in [0.15, 0.2) is 49.2 Å². The van der Waals surface area contributed by atoms with Gasteiger partial charge in [-0.1, -0.05) is 24.9 Å². The number of hydrogen-bond acceptors (Lipinski definition) is 8. The number of rotatable bonds is 10. The minimum Gasteiger partial charge on any atom is -0.341 e. The number of amides is 1. The lowest BCUT2D eigenvalue weighted by molar-refractivity contribution is 0.0908. The van der Waals surface area contributed by atoms with Crippen LogP contribution in [0.2, 0.25) is 5.02 Å². The summed E-state index contributed by atoms with van der Waals surface area (Å²) in [6.45, 7) is 4.93. The standard InChI is InChI=1S/C28H32ClN7O3S2/c1-18(16-35-10-3-2-4-11-35)25(22-14-20(7-9-30-22)34-41(38,39)21-5-6-21)33-27(37)28-31-15-24(40-28)26-23-13-19(29)8-12-36(23)17-32-26/h7-9,12-15,17-18,21,25H,2-6,10-11,16H2,1H3,(H,30,34)(H,33,37)/t18-,25-/m1/s1. The topological polar surface area (TPSA) is 122 Å². The molecule has 0 spiro atoms. The summed E-state index contributed by atoms with van der Waals surface area (Å²) in [7, 11) is -3.43. The monoisotopic (exact) mass is 613 g/mol. The van der Waals surface area contributed by atoms with E-state index in [2.05, 4.69) is 36.8 Å². The number of fused-ring (bicyclic) bond motifs is 1. The van der Waals surface area contributed by atoms with Gasteiger partial charge in [0, 0.05) is 30.2 Å². The Labute approximate surface area is 248 Å². The van der Waals surface area contributed by atoms with E-state index < -0.39 is 16.1 Å². The molecule has 2 atom stereocenters. The minimum atomic E-state index is -3.43. The number of aromatic nitrogens is 4. The molecule has 1 saturated heterocycles. The van der Waals surface area contributed by atoms with Crippen LogP contribution in [0.4, 0.5) is 5.69 Å². The van der Waals surface area contributed by atoms with E-state index >= 15 is 0 Å². The zero-order valence-corrected chi connectivity index (χ0v) is 25.1. The highest BCUT2D eigenvalue weighted by Gasteiger charge is 2.36. The molecule has 1 saturated carbocycles. The highest BCUT2D eigenvalue weighted by atomic mass is 35.5. The number of imidazole rings is 1. The summed E-state index contributed by atoms with van der Waals surface area (Å²) in [6, 6.07) is 6.54. The third-order valence-electron chi connectivity index (χ3n) is 7.61. The molecule has 2 N–H and O–H groups in total. The van der Waals surface area contributed by atoms with Gasteiger partial charge in [-0.05, 0) is 69.0 Å². The number of nitrogens with one attached hydrogen (secondary N) is 2. The molecule has 0 aromatic carbocycles. The van der Waals surface area contributed by atoms with E-state index in [9.17, 15) is 13.2 Å². The Morgan fingerprint density at radius 2 is 1.95 bits per heavy atom. The van der Waals surface area contributed by atoms with Gasteiger partial charge in [0.1, 0.15) is 5.69 Å². The summed E-state index contributed by atoms with van der Waals surface area (Å²) in [5, 5.41) is 3.73. The molecule has 4 aromatic rings. The first-order valence-electron chi connectivity index (χ1n) is 13.9. The number of halogens is 1. The molecular formula is C28H32ClN7O3S2. The Bertz CT molecular complexity index is 1660. The Hall–Kier alpha value is -3.06. The van der Waals surface area contributed by atoms with Crippen molar-refractivity contribution in [2.24, 2.45) is 5.92 Å². The first-order chi connectivity index (χ1) is 19.8. The lowest BCUT2D eigenvalue weighted by atomic mass is 9.96. The van der Waals surface area contributed by atoms with Crippen LogP contribution in [-0.4, -0.2) is 63.5 Å². The van der Waals surface area contributed by atoms with Crippen LogP contribution in [0.5, 0.6) is 0 Å². The molecule has 5 heterocycles. The van der Waals surface area contributed by atoms with E-state index in [1.54, 1.807) is 36.9 Å². The fourth-order valence-corrected chi connectivity index (χ4v) is 7.68. The number of carbonyl (C=O) groups excluding carboxylic acids is 1. The zero-order valence-electron chi connectivity index (χ0n) is 22.7. The quantitative estimate of drug-likeness (QED) is 0.258. The maximum atomic E-state index is 13.6. The molecule has 0 unspecified atom stereocenters. The van der Waals surface area contributed by atoms with E-state index in [1.165, 1.54) is 17.8 Å². The predicted octanol–water partition coefficient (Wildman–Crippen LogP) is 5.00. The maximum Gasteiger partial charge on any atom is 0.280 e. The summed E-state index contributed by atoms with van der Waals surface area (Å²) < 4.78 is 29.7. The van der Waals surface area contributed by atoms with Crippen molar-refractivity contribution >= 4 is 50.1 Å². The summed E-state index contributed by atoms with van der Waals surface area (Å²) in [5.41, 5.74) is 2.59. The SMILES string of the molecule is C[C@H](CN1CCCCC1)[C@@H](NC(=O)c1ncc(-c2ncn3ccc(Cl)cc23)s1)c1cc(NS(=O)(=O)C2CC2)ccn1. The lowest BCUT2D eigenvalue weighted by Crippen LogP contribution is -2.40. The fraction of sp³-hybridized carbons (Fsp3) is 0.429. The fourth-order valence-electron chi connectivity index (χ4n) is 5.31. The highest BCUT2D eigenvalue weighted by Crippen LogP contribution is 2.32. The van der Waals surface area contributed by atoms with Crippen molar-refractivity contribution in [2.45, 2.75) is 50.3 Å². The Kier molecular flexibility index (Phi) is 7.99. The van der Waals surface area contributed by atoms with Gasteiger partial charge in [0.2, 0.25) is 10.0 Å². The van der Waals surface area contributed by atoms with Crippen molar-refractivity contribution < 1.29 is 13.2 Å². The van der Waals surface area contributed by atoms with Gasteiger partial charge in [0.25, 0.3) is 5.91 Å². The van der Waals surface area contributed by atoms with Crippen LogP contribution in [0.1, 0.15) is 60.6 Å². The molecule has 2 fully saturated rings. The average Bonchev–Trinajstić information content (AvgIpc) is 3.58. The van der Waals surface area contributed by atoms with Crippen LogP contribution in [-0.2, 0) is 10.0 Å². The van der Waals surface area contributed by atoms with Crippen LogP contribution in [0, 0.1) is 5.92 Å². The van der Waals surface area contributed by atoms with Gasteiger partial charge < -0.3 is 14.6 Å². The number of likely N-dealkylation sites (tertiary alicyclic amines) is 1. The molecule has 6 rings (SSSR count). The van der Waals surface area contributed by atoms with Crippen molar-refractivity contribution in [3.05, 3.63) is 64.9 Å². The van der Waals surface area contributed by atoms with Crippen molar-refractivity contribution in [1.29, 1.82) is 0 Å². The summed E-state index contributed by atoms with van der Waals surface area (Å²) in [6.07, 6.45) is 11.7. The second-order valence-corrected chi connectivity index (χ2v) is 14.3. The molecule has 10 nitrogen and oxygen atoms in total. The minimum absolute atomic E-state index is 0.0125. The number of pyridine rings is 2. The van der Waals surface area contributed by atoms with Gasteiger partial charge in [0.15, 0.2) is 5.01 Å². The summed E-state index contributed by atoms with van der Waals surface area (Å²) in [5.74, 6) is -0.303. The molecule has 4 aromatic heterocycles. The molecule has 1 aliphatic heterocycles. The van der Waals surface area contributed by atoms with E-state index in [-0.39, 0.29) is 17.1 Å². The van der Waals surface area contributed by atoms with E-state index in [4.69, 9.17) is 11.6 Å². The number of thiazole rings is 1. The number of piperidine rings is 1.